The molecule has 5 heteroatoms. The van der Waals surface area contributed by atoms with E-state index in [4.69, 9.17) is 17.3 Å². The Hall–Kier alpha value is -3.08. The summed E-state index contributed by atoms with van der Waals surface area (Å²) in [6.45, 7) is 2.65. The van der Waals surface area contributed by atoms with Gasteiger partial charge in [0.1, 0.15) is 0 Å². The van der Waals surface area contributed by atoms with Gasteiger partial charge in [0.25, 0.3) is 0 Å². The van der Waals surface area contributed by atoms with Crippen LogP contribution in [0.4, 0.5) is 0 Å². The van der Waals surface area contributed by atoms with Crippen LogP contribution in [0.3, 0.4) is 0 Å². The SMILES string of the molecule is Cc1ccc(Cn2c3cc(-c4cccs4)ccc3c3c(C(N)=O)cccc32)cc1Cl. The average molecular weight is 431 g/mol. The van der Waals surface area contributed by atoms with Crippen molar-refractivity contribution in [3.05, 3.63) is 93.8 Å². The first-order valence-corrected chi connectivity index (χ1v) is 10.9. The summed E-state index contributed by atoms with van der Waals surface area (Å²) in [5.41, 5.74) is 11.6. The molecule has 0 saturated carbocycles. The Balaban J connectivity index is 1.80. The van der Waals surface area contributed by atoms with E-state index >= 15 is 0 Å². The molecule has 1 amide bonds. The van der Waals surface area contributed by atoms with Gasteiger partial charge in [0.15, 0.2) is 0 Å². The number of benzene rings is 3. The van der Waals surface area contributed by atoms with E-state index in [1.807, 2.05) is 31.2 Å². The summed E-state index contributed by atoms with van der Waals surface area (Å²) in [7, 11) is 0. The summed E-state index contributed by atoms with van der Waals surface area (Å²) in [6.07, 6.45) is 0. The summed E-state index contributed by atoms with van der Waals surface area (Å²) in [4.78, 5) is 13.4. The smallest absolute Gasteiger partial charge is 0.249 e. The number of thiophene rings is 1. The molecule has 0 saturated heterocycles. The van der Waals surface area contributed by atoms with Crippen molar-refractivity contribution in [1.29, 1.82) is 0 Å². The van der Waals surface area contributed by atoms with E-state index in [9.17, 15) is 4.79 Å². The van der Waals surface area contributed by atoms with Gasteiger partial charge in [-0.05, 0) is 59.3 Å². The van der Waals surface area contributed by atoms with Crippen molar-refractivity contribution in [3.63, 3.8) is 0 Å². The molecule has 30 heavy (non-hydrogen) atoms. The van der Waals surface area contributed by atoms with Crippen molar-refractivity contribution in [2.75, 3.05) is 0 Å². The molecule has 5 rings (SSSR count). The van der Waals surface area contributed by atoms with Crippen molar-refractivity contribution in [3.8, 4) is 10.4 Å². The zero-order valence-corrected chi connectivity index (χ0v) is 17.9. The molecule has 0 fully saturated rings. The van der Waals surface area contributed by atoms with Gasteiger partial charge in [-0.3, -0.25) is 4.79 Å². The third kappa shape index (κ3) is 3.09. The van der Waals surface area contributed by atoms with E-state index in [2.05, 4.69) is 46.3 Å². The number of nitrogens with two attached hydrogens (primary N) is 1. The molecule has 0 spiro atoms. The Bertz CT molecular complexity index is 1420. The van der Waals surface area contributed by atoms with Crippen molar-refractivity contribution in [1.82, 2.24) is 4.57 Å². The number of halogens is 1. The summed E-state index contributed by atoms with van der Waals surface area (Å²) in [5.74, 6) is -0.416. The van der Waals surface area contributed by atoms with E-state index in [1.54, 1.807) is 17.4 Å². The van der Waals surface area contributed by atoms with Crippen LogP contribution < -0.4 is 5.73 Å². The van der Waals surface area contributed by atoms with Gasteiger partial charge in [-0.25, -0.2) is 0 Å². The zero-order chi connectivity index (χ0) is 20.8. The topological polar surface area (TPSA) is 48.0 Å². The van der Waals surface area contributed by atoms with Gasteiger partial charge in [-0.1, -0.05) is 48.0 Å². The van der Waals surface area contributed by atoms with Crippen LogP contribution in [0.15, 0.2) is 72.1 Å². The number of amides is 1. The van der Waals surface area contributed by atoms with Crippen molar-refractivity contribution >= 4 is 50.7 Å². The second kappa shape index (κ2) is 7.31. The lowest BCUT2D eigenvalue weighted by Crippen LogP contribution is -2.11. The molecule has 2 heterocycles. The number of hydrogen-bond acceptors (Lipinski definition) is 2. The van der Waals surface area contributed by atoms with Crippen molar-refractivity contribution in [2.45, 2.75) is 13.5 Å². The third-order valence-corrected chi connectivity index (χ3v) is 6.87. The van der Waals surface area contributed by atoms with Crippen LogP contribution >= 0.6 is 22.9 Å². The maximum absolute atomic E-state index is 12.2. The van der Waals surface area contributed by atoms with Crippen LogP contribution in [0.2, 0.25) is 5.02 Å². The zero-order valence-electron chi connectivity index (χ0n) is 16.4. The molecule has 3 aromatic carbocycles. The highest BCUT2D eigenvalue weighted by atomic mass is 35.5. The highest BCUT2D eigenvalue weighted by Crippen LogP contribution is 2.36. The second-order valence-electron chi connectivity index (χ2n) is 7.44. The molecule has 2 aromatic heterocycles. The fourth-order valence-electron chi connectivity index (χ4n) is 4.03. The van der Waals surface area contributed by atoms with Crippen LogP contribution in [0, 0.1) is 6.92 Å². The number of carbonyl (C=O) groups is 1. The minimum absolute atomic E-state index is 0.416. The first-order chi connectivity index (χ1) is 14.5. The van der Waals surface area contributed by atoms with Crippen LogP contribution in [0.25, 0.3) is 32.2 Å². The molecule has 5 aromatic rings. The van der Waals surface area contributed by atoms with Crippen LogP contribution in [0.5, 0.6) is 0 Å². The number of rotatable bonds is 4. The molecule has 3 nitrogen and oxygen atoms in total. The third-order valence-electron chi connectivity index (χ3n) is 5.54. The predicted molar refractivity (Wildman–Crippen MR) is 127 cm³/mol. The van der Waals surface area contributed by atoms with Crippen LogP contribution in [-0.2, 0) is 6.54 Å². The second-order valence-corrected chi connectivity index (χ2v) is 8.80. The lowest BCUT2D eigenvalue weighted by molar-refractivity contribution is 0.100. The largest absolute Gasteiger partial charge is 0.366 e. The number of primary amides is 1. The number of nitrogens with zero attached hydrogens (tertiary/aromatic N) is 1. The first-order valence-electron chi connectivity index (χ1n) is 9.66. The van der Waals surface area contributed by atoms with Gasteiger partial charge >= 0.3 is 0 Å². The molecule has 0 aliphatic rings. The van der Waals surface area contributed by atoms with E-state index in [1.165, 1.54) is 4.88 Å². The normalized spacial score (nSPS) is 11.4. The van der Waals surface area contributed by atoms with Crippen LogP contribution in [-0.4, -0.2) is 10.5 Å². The summed E-state index contributed by atoms with van der Waals surface area (Å²) < 4.78 is 2.25. The highest BCUT2D eigenvalue weighted by Gasteiger charge is 2.17. The average Bonchev–Trinajstić information content (AvgIpc) is 3.38. The molecule has 0 unspecified atom stereocenters. The fourth-order valence-corrected chi connectivity index (χ4v) is 4.96. The maximum Gasteiger partial charge on any atom is 0.249 e. The standard InChI is InChI=1S/C25H19ClN2OS/c1-15-7-8-16(12-20(15)26)14-28-21-5-2-4-19(25(27)29)24(21)18-10-9-17(13-22(18)28)23-6-3-11-30-23/h2-13H,14H2,1H3,(H2,27,29). The Labute approximate surface area is 183 Å². The molecule has 0 atom stereocenters. The molecule has 0 radical (unpaired) electrons. The molecule has 0 bridgehead atoms. The molecular weight excluding hydrogens is 412 g/mol. The summed E-state index contributed by atoms with van der Waals surface area (Å²) in [6, 6.07) is 22.4. The quantitative estimate of drug-likeness (QED) is 0.341. The molecule has 148 valence electrons. The van der Waals surface area contributed by atoms with Gasteiger partial charge < -0.3 is 10.3 Å². The maximum atomic E-state index is 12.2. The Morgan fingerprint density at radius 3 is 2.63 bits per heavy atom. The number of carbonyl (C=O) groups excluding carboxylic acids is 1. The Morgan fingerprint density at radius 2 is 1.90 bits per heavy atom. The Kier molecular flexibility index (Phi) is 4.61. The summed E-state index contributed by atoms with van der Waals surface area (Å²) >= 11 is 8.09. The summed E-state index contributed by atoms with van der Waals surface area (Å²) in [5, 5.41) is 4.76. The highest BCUT2D eigenvalue weighted by molar-refractivity contribution is 7.13. The lowest BCUT2D eigenvalue weighted by atomic mass is 10.0. The van der Waals surface area contributed by atoms with Gasteiger partial charge in [0.2, 0.25) is 5.91 Å². The van der Waals surface area contributed by atoms with Crippen molar-refractivity contribution in [2.24, 2.45) is 5.73 Å². The fraction of sp³-hybridized carbons (Fsp3) is 0.0800. The molecule has 2 N–H and O–H groups in total. The van der Waals surface area contributed by atoms with E-state index in [0.717, 1.165) is 43.5 Å². The van der Waals surface area contributed by atoms with Gasteiger partial charge in [-0.2, -0.15) is 0 Å². The molecule has 0 aliphatic heterocycles. The van der Waals surface area contributed by atoms with E-state index < -0.39 is 5.91 Å². The Morgan fingerprint density at radius 1 is 1.03 bits per heavy atom. The number of hydrogen-bond donors (Lipinski definition) is 1. The van der Waals surface area contributed by atoms with Gasteiger partial charge in [-0.15, -0.1) is 11.3 Å². The minimum atomic E-state index is -0.416. The van der Waals surface area contributed by atoms with E-state index in [0.29, 0.717) is 12.1 Å². The first kappa shape index (κ1) is 18.9. The van der Waals surface area contributed by atoms with Crippen LogP contribution in [0.1, 0.15) is 21.5 Å². The van der Waals surface area contributed by atoms with Gasteiger partial charge in [0.05, 0.1) is 11.0 Å². The lowest BCUT2D eigenvalue weighted by Gasteiger charge is -2.10. The van der Waals surface area contributed by atoms with E-state index in [-0.39, 0.29) is 0 Å². The number of fused-ring (bicyclic) bond motifs is 3. The molecule has 0 aliphatic carbocycles. The van der Waals surface area contributed by atoms with Crippen molar-refractivity contribution < 1.29 is 4.79 Å². The monoisotopic (exact) mass is 430 g/mol. The minimum Gasteiger partial charge on any atom is -0.366 e. The molecular formula is C25H19ClN2OS. The van der Waals surface area contributed by atoms with Gasteiger partial charge in [0, 0.05) is 32.8 Å². The number of aromatic nitrogens is 1. The number of aryl methyl sites for hydroxylation is 1. The predicted octanol–water partition coefficient (Wildman–Crippen LogP) is 6.63.